The van der Waals surface area contributed by atoms with E-state index in [0.717, 1.165) is 16.8 Å². The lowest BCUT2D eigenvalue weighted by Crippen LogP contribution is -2.18. The molecule has 0 aliphatic heterocycles. The fourth-order valence-electron chi connectivity index (χ4n) is 1.49. The van der Waals surface area contributed by atoms with Gasteiger partial charge in [-0.25, -0.2) is 0 Å². The van der Waals surface area contributed by atoms with E-state index in [2.05, 4.69) is 5.32 Å². The number of hydrogen-bond donors (Lipinski definition) is 1. The first-order valence-electron chi connectivity index (χ1n) is 5.55. The van der Waals surface area contributed by atoms with Gasteiger partial charge >= 0.3 is 5.97 Å². The van der Waals surface area contributed by atoms with Gasteiger partial charge in [0.05, 0.1) is 6.61 Å². The number of ether oxygens (including phenoxy) is 1. The lowest BCUT2D eigenvalue weighted by atomic mass is 10.1. The van der Waals surface area contributed by atoms with Crippen LogP contribution in [0.2, 0.25) is 0 Å². The Bertz CT molecular complexity index is 427. The second-order valence-electron chi connectivity index (χ2n) is 3.85. The molecule has 1 aromatic carbocycles. The summed E-state index contributed by atoms with van der Waals surface area (Å²) in [5.74, 6) is -0.856. The summed E-state index contributed by atoms with van der Waals surface area (Å²) >= 11 is 0. The van der Waals surface area contributed by atoms with E-state index in [9.17, 15) is 9.59 Å². The van der Waals surface area contributed by atoms with Crippen molar-refractivity contribution in [2.75, 3.05) is 11.9 Å². The maximum Gasteiger partial charge on any atom is 0.315 e. The third-order valence-corrected chi connectivity index (χ3v) is 2.27. The van der Waals surface area contributed by atoms with Gasteiger partial charge in [-0.15, -0.1) is 0 Å². The maximum absolute atomic E-state index is 11.5. The second kappa shape index (κ2) is 6.03. The molecule has 0 bridgehead atoms. The smallest absolute Gasteiger partial charge is 0.315 e. The number of carbonyl (C=O) groups is 2. The Labute approximate surface area is 101 Å². The Morgan fingerprint density at radius 3 is 2.59 bits per heavy atom. The van der Waals surface area contributed by atoms with Gasteiger partial charge in [-0.1, -0.05) is 17.7 Å². The Hall–Kier alpha value is -1.84. The van der Waals surface area contributed by atoms with Crippen molar-refractivity contribution in [2.24, 2.45) is 0 Å². The predicted octanol–water partition coefficient (Wildman–Crippen LogP) is 2.20. The number of benzene rings is 1. The summed E-state index contributed by atoms with van der Waals surface area (Å²) in [5, 5.41) is 2.69. The second-order valence-corrected chi connectivity index (χ2v) is 3.85. The Kier molecular flexibility index (Phi) is 4.69. The Morgan fingerprint density at radius 2 is 2.00 bits per heavy atom. The highest BCUT2D eigenvalue weighted by molar-refractivity contribution is 6.02. The normalized spacial score (nSPS) is 9.82. The molecule has 0 heterocycles. The number of amides is 1. The van der Waals surface area contributed by atoms with E-state index < -0.39 is 5.97 Å². The third kappa shape index (κ3) is 4.26. The van der Waals surface area contributed by atoms with Crippen molar-refractivity contribution in [2.45, 2.75) is 27.2 Å². The summed E-state index contributed by atoms with van der Waals surface area (Å²) in [6, 6.07) is 5.71. The monoisotopic (exact) mass is 235 g/mol. The van der Waals surface area contributed by atoms with Crippen LogP contribution in [0.4, 0.5) is 5.69 Å². The zero-order valence-corrected chi connectivity index (χ0v) is 10.4. The van der Waals surface area contributed by atoms with Gasteiger partial charge < -0.3 is 10.1 Å². The summed E-state index contributed by atoms with van der Waals surface area (Å²) in [6.45, 7) is 5.89. The van der Waals surface area contributed by atoms with Gasteiger partial charge in [0.15, 0.2) is 0 Å². The lowest BCUT2D eigenvalue weighted by molar-refractivity contribution is -0.145. The summed E-state index contributed by atoms with van der Waals surface area (Å²) in [4.78, 5) is 22.6. The minimum Gasteiger partial charge on any atom is -0.466 e. The fraction of sp³-hybridized carbons (Fsp3) is 0.385. The first kappa shape index (κ1) is 13.2. The SMILES string of the molecule is CCOC(=O)CC(=O)Nc1ccc(C)cc1C. The van der Waals surface area contributed by atoms with Gasteiger partial charge in [-0.3, -0.25) is 9.59 Å². The fourth-order valence-corrected chi connectivity index (χ4v) is 1.49. The van der Waals surface area contributed by atoms with Crippen molar-refractivity contribution in [3.05, 3.63) is 29.3 Å². The molecule has 0 saturated heterocycles. The number of rotatable bonds is 4. The van der Waals surface area contributed by atoms with Crippen molar-refractivity contribution in [3.63, 3.8) is 0 Å². The van der Waals surface area contributed by atoms with Crippen molar-refractivity contribution in [1.29, 1.82) is 0 Å². The van der Waals surface area contributed by atoms with Gasteiger partial charge in [-0.2, -0.15) is 0 Å². The molecule has 1 aromatic rings. The highest BCUT2D eigenvalue weighted by atomic mass is 16.5. The van der Waals surface area contributed by atoms with E-state index in [1.807, 2.05) is 32.0 Å². The summed E-state index contributed by atoms with van der Waals surface area (Å²) in [5.41, 5.74) is 2.83. The van der Waals surface area contributed by atoms with Crippen molar-refractivity contribution < 1.29 is 14.3 Å². The van der Waals surface area contributed by atoms with Crippen LogP contribution in [-0.2, 0) is 14.3 Å². The summed E-state index contributed by atoms with van der Waals surface area (Å²) in [6.07, 6.45) is -0.249. The van der Waals surface area contributed by atoms with Crippen LogP contribution in [0.1, 0.15) is 24.5 Å². The molecule has 17 heavy (non-hydrogen) atoms. The Morgan fingerprint density at radius 1 is 1.29 bits per heavy atom. The van der Waals surface area contributed by atoms with E-state index in [4.69, 9.17) is 4.74 Å². The molecule has 1 N–H and O–H groups in total. The van der Waals surface area contributed by atoms with E-state index in [-0.39, 0.29) is 18.9 Å². The number of hydrogen-bond acceptors (Lipinski definition) is 3. The molecular weight excluding hydrogens is 218 g/mol. The van der Waals surface area contributed by atoms with E-state index in [1.54, 1.807) is 6.92 Å². The average Bonchev–Trinajstić information content (AvgIpc) is 2.22. The number of carbonyl (C=O) groups excluding carboxylic acids is 2. The summed E-state index contributed by atoms with van der Waals surface area (Å²) in [7, 11) is 0. The molecule has 0 aliphatic rings. The van der Waals surface area contributed by atoms with Crippen LogP contribution >= 0.6 is 0 Å². The molecular formula is C13H17NO3. The molecule has 4 nitrogen and oxygen atoms in total. The van der Waals surface area contributed by atoms with E-state index in [1.165, 1.54) is 0 Å². The van der Waals surface area contributed by atoms with Crippen LogP contribution in [-0.4, -0.2) is 18.5 Å². The van der Waals surface area contributed by atoms with Gasteiger partial charge in [-0.05, 0) is 32.4 Å². The van der Waals surface area contributed by atoms with Crippen molar-refractivity contribution >= 4 is 17.6 Å². The molecule has 92 valence electrons. The van der Waals surface area contributed by atoms with Crippen LogP contribution in [0.3, 0.4) is 0 Å². The van der Waals surface area contributed by atoms with Crippen molar-refractivity contribution in [3.8, 4) is 0 Å². The molecule has 0 spiro atoms. The highest BCUT2D eigenvalue weighted by Gasteiger charge is 2.11. The quantitative estimate of drug-likeness (QED) is 0.643. The zero-order valence-electron chi connectivity index (χ0n) is 10.4. The lowest BCUT2D eigenvalue weighted by Gasteiger charge is -2.08. The third-order valence-electron chi connectivity index (χ3n) is 2.27. The Balaban J connectivity index is 2.59. The molecule has 0 saturated carbocycles. The molecule has 1 rings (SSSR count). The molecule has 0 aliphatic carbocycles. The average molecular weight is 235 g/mol. The van der Waals surface area contributed by atoms with E-state index >= 15 is 0 Å². The molecule has 0 unspecified atom stereocenters. The number of aryl methyl sites for hydroxylation is 2. The minimum absolute atomic E-state index is 0.249. The minimum atomic E-state index is -0.505. The van der Waals surface area contributed by atoms with Crippen LogP contribution in [0, 0.1) is 13.8 Å². The molecule has 1 amide bonds. The summed E-state index contributed by atoms with van der Waals surface area (Å²) < 4.78 is 4.70. The number of nitrogens with one attached hydrogen (secondary N) is 1. The van der Waals surface area contributed by atoms with Gasteiger partial charge in [0.1, 0.15) is 6.42 Å². The maximum atomic E-state index is 11.5. The zero-order chi connectivity index (χ0) is 12.8. The van der Waals surface area contributed by atoms with E-state index in [0.29, 0.717) is 0 Å². The van der Waals surface area contributed by atoms with Crippen LogP contribution in [0.25, 0.3) is 0 Å². The highest BCUT2D eigenvalue weighted by Crippen LogP contribution is 2.16. The van der Waals surface area contributed by atoms with Gasteiger partial charge in [0.2, 0.25) is 5.91 Å². The largest absolute Gasteiger partial charge is 0.466 e. The predicted molar refractivity (Wildman–Crippen MR) is 65.8 cm³/mol. The first-order valence-corrected chi connectivity index (χ1v) is 5.55. The van der Waals surface area contributed by atoms with Crippen LogP contribution in [0.15, 0.2) is 18.2 Å². The molecule has 0 atom stereocenters. The van der Waals surface area contributed by atoms with Crippen LogP contribution in [0.5, 0.6) is 0 Å². The molecule has 0 fully saturated rings. The van der Waals surface area contributed by atoms with Crippen molar-refractivity contribution in [1.82, 2.24) is 0 Å². The number of anilines is 1. The topological polar surface area (TPSA) is 55.4 Å². The number of esters is 1. The molecule has 4 heteroatoms. The molecule has 0 aromatic heterocycles. The standard InChI is InChI=1S/C13H17NO3/c1-4-17-13(16)8-12(15)14-11-6-5-9(2)7-10(11)3/h5-7H,4,8H2,1-3H3,(H,14,15). The van der Waals surface area contributed by atoms with Gasteiger partial charge in [0, 0.05) is 5.69 Å². The van der Waals surface area contributed by atoms with Crippen LogP contribution < -0.4 is 5.32 Å². The first-order chi connectivity index (χ1) is 8.02. The molecule has 0 radical (unpaired) electrons. The van der Waals surface area contributed by atoms with Gasteiger partial charge in [0.25, 0.3) is 0 Å².